The smallest absolute Gasteiger partial charge is 0.220 e. The number of allylic oxidation sites excluding steroid dienone is 7. The van der Waals surface area contributed by atoms with E-state index in [9.17, 15) is 61.0 Å². The number of hydrogen-bond acceptors (Lipinski definition) is 18. The lowest BCUT2D eigenvalue weighted by atomic mass is 9.96. The van der Waals surface area contributed by atoms with Crippen molar-refractivity contribution < 1.29 is 89.4 Å². The van der Waals surface area contributed by atoms with Gasteiger partial charge in [-0.25, -0.2) is 0 Å². The summed E-state index contributed by atoms with van der Waals surface area (Å²) in [4.78, 5) is 13.1. The van der Waals surface area contributed by atoms with Crippen LogP contribution in [0.1, 0.15) is 104 Å². The van der Waals surface area contributed by atoms with Crippen LogP contribution < -0.4 is 5.32 Å². The molecule has 0 saturated carbocycles. The molecule has 0 aromatic carbocycles. The van der Waals surface area contributed by atoms with E-state index in [1.54, 1.807) is 6.08 Å². The highest BCUT2D eigenvalue weighted by Crippen LogP contribution is 2.33. The first kappa shape index (κ1) is 57.1. The molecule has 376 valence electrons. The van der Waals surface area contributed by atoms with E-state index in [0.717, 1.165) is 77.0 Å². The molecule has 17 atom stereocenters. The molecule has 0 aliphatic carbocycles. The Morgan fingerprint density at radius 1 is 0.569 bits per heavy atom. The summed E-state index contributed by atoms with van der Waals surface area (Å²) in [6, 6.07) is -0.984. The number of carbonyl (C=O) groups is 1. The molecule has 3 aliphatic rings. The average Bonchev–Trinajstić information content (AvgIpc) is 3.30. The van der Waals surface area contributed by atoms with Crippen molar-refractivity contribution in [3.63, 3.8) is 0 Å². The summed E-state index contributed by atoms with van der Waals surface area (Å²) in [6.45, 7) is 1.44. The van der Waals surface area contributed by atoms with Crippen molar-refractivity contribution in [1.29, 1.82) is 0 Å². The summed E-state index contributed by atoms with van der Waals surface area (Å²) < 4.78 is 33.9. The first-order chi connectivity index (χ1) is 31.3. The van der Waals surface area contributed by atoms with Crippen molar-refractivity contribution in [1.82, 2.24) is 5.32 Å². The molecule has 1 amide bonds. The Morgan fingerprint density at radius 2 is 1.06 bits per heavy atom. The van der Waals surface area contributed by atoms with Crippen LogP contribution >= 0.6 is 0 Å². The molecule has 0 aromatic heterocycles. The lowest BCUT2D eigenvalue weighted by Gasteiger charge is -2.48. The van der Waals surface area contributed by atoms with Crippen LogP contribution in [-0.2, 0) is 33.2 Å². The largest absolute Gasteiger partial charge is 0.394 e. The number of aliphatic hydroxyl groups is 11. The van der Waals surface area contributed by atoms with Crippen molar-refractivity contribution in [3.05, 3.63) is 48.6 Å². The van der Waals surface area contributed by atoms with Crippen LogP contribution in [0.4, 0.5) is 0 Å². The molecule has 3 heterocycles. The number of amides is 1. The van der Waals surface area contributed by atoms with E-state index in [1.165, 1.54) is 0 Å². The fourth-order valence-electron chi connectivity index (χ4n) is 7.67. The average molecular weight is 934 g/mol. The van der Waals surface area contributed by atoms with Gasteiger partial charge in [-0.1, -0.05) is 94.6 Å². The van der Waals surface area contributed by atoms with Gasteiger partial charge in [0.2, 0.25) is 5.91 Å². The lowest BCUT2D eigenvalue weighted by Crippen LogP contribution is -2.66. The fourth-order valence-corrected chi connectivity index (χ4v) is 7.67. The molecule has 3 fully saturated rings. The van der Waals surface area contributed by atoms with E-state index in [0.29, 0.717) is 6.42 Å². The zero-order valence-corrected chi connectivity index (χ0v) is 37.9. The topological polar surface area (TPSA) is 307 Å². The summed E-state index contributed by atoms with van der Waals surface area (Å²) >= 11 is 0. The van der Waals surface area contributed by atoms with E-state index in [1.807, 2.05) is 6.08 Å². The first-order valence-corrected chi connectivity index (χ1v) is 23.4. The quantitative estimate of drug-likeness (QED) is 0.0334. The third-order valence-corrected chi connectivity index (χ3v) is 11.6. The second-order valence-electron chi connectivity index (χ2n) is 16.8. The van der Waals surface area contributed by atoms with E-state index in [4.69, 9.17) is 28.4 Å². The molecule has 19 nitrogen and oxygen atoms in total. The predicted molar refractivity (Wildman–Crippen MR) is 235 cm³/mol. The third kappa shape index (κ3) is 18.6. The highest BCUT2D eigenvalue weighted by atomic mass is 16.8. The van der Waals surface area contributed by atoms with Crippen molar-refractivity contribution >= 4 is 5.91 Å². The maximum Gasteiger partial charge on any atom is 0.220 e. The molecule has 3 aliphatic heterocycles. The van der Waals surface area contributed by atoms with Gasteiger partial charge in [-0.2, -0.15) is 0 Å². The molecule has 0 spiro atoms. The van der Waals surface area contributed by atoms with Crippen molar-refractivity contribution in [2.45, 2.75) is 208 Å². The van der Waals surface area contributed by atoms with Crippen LogP contribution in [0, 0.1) is 0 Å². The maximum atomic E-state index is 13.1. The van der Waals surface area contributed by atoms with E-state index >= 15 is 0 Å². The van der Waals surface area contributed by atoms with Crippen LogP contribution in [-0.4, -0.2) is 193 Å². The van der Waals surface area contributed by atoms with Crippen LogP contribution in [0.25, 0.3) is 0 Å². The maximum absolute atomic E-state index is 13.1. The van der Waals surface area contributed by atoms with Gasteiger partial charge in [-0.15, -0.1) is 0 Å². The number of hydrogen-bond donors (Lipinski definition) is 12. The Balaban J connectivity index is 1.59. The van der Waals surface area contributed by atoms with Gasteiger partial charge in [-0.05, 0) is 51.4 Å². The Labute approximate surface area is 383 Å². The number of nitrogens with one attached hydrogen (secondary N) is 1. The van der Waals surface area contributed by atoms with Crippen LogP contribution in [0.5, 0.6) is 0 Å². The second-order valence-corrected chi connectivity index (χ2v) is 16.8. The van der Waals surface area contributed by atoms with Gasteiger partial charge in [0, 0.05) is 6.42 Å². The minimum atomic E-state index is -1.98. The van der Waals surface area contributed by atoms with Crippen molar-refractivity contribution in [2.24, 2.45) is 0 Å². The zero-order chi connectivity index (χ0) is 47.7. The summed E-state index contributed by atoms with van der Waals surface area (Å²) in [5.74, 6) is -0.314. The number of ether oxygens (including phenoxy) is 6. The molecule has 3 saturated heterocycles. The molecule has 0 bridgehead atoms. The predicted octanol–water partition coefficient (Wildman–Crippen LogP) is 0.0230. The van der Waals surface area contributed by atoms with Crippen molar-refractivity contribution in [3.8, 4) is 0 Å². The number of aliphatic hydroxyl groups excluding tert-OH is 11. The zero-order valence-electron chi connectivity index (χ0n) is 37.9. The normalized spacial score (nSPS) is 34.6. The second kappa shape index (κ2) is 31.7. The van der Waals surface area contributed by atoms with E-state index in [2.05, 4.69) is 55.6 Å². The highest BCUT2D eigenvalue weighted by molar-refractivity contribution is 5.76. The number of unbranched alkanes of at least 4 members (excludes halogenated alkanes) is 8. The van der Waals surface area contributed by atoms with E-state index < -0.39 is 124 Å². The number of carbonyl (C=O) groups excluding carboxylic acids is 1. The van der Waals surface area contributed by atoms with Crippen LogP contribution in [0.2, 0.25) is 0 Å². The first-order valence-electron chi connectivity index (χ1n) is 23.4. The van der Waals surface area contributed by atoms with Crippen LogP contribution in [0.15, 0.2) is 48.6 Å². The Bertz CT molecular complexity index is 1400. The Hall–Kier alpha value is -2.25. The molecule has 3 rings (SSSR count). The minimum absolute atomic E-state index is 0.205. The summed E-state index contributed by atoms with van der Waals surface area (Å²) in [5.41, 5.74) is 0. The highest BCUT2D eigenvalue weighted by Gasteiger charge is 2.53. The fraction of sp³-hybridized carbons (Fsp3) is 0.804. The Morgan fingerprint density at radius 3 is 1.65 bits per heavy atom. The molecule has 12 N–H and O–H groups in total. The molecule has 65 heavy (non-hydrogen) atoms. The molecule has 0 radical (unpaired) electrons. The SMILES string of the molecule is CC/C=C\C/C=C\C/C=C\CCCCCC(=O)NC(COC1OC(CO)C(OC2OC(CO)C(OC3OC(CO)C(O)C(O)C3O)C(O)C2O)C(O)C1O)C(O)/C=C/CCCCCCC. The molecular formula is C46H79NO18. The summed E-state index contributed by atoms with van der Waals surface area (Å²) in [7, 11) is 0. The van der Waals surface area contributed by atoms with Crippen LogP contribution in [0.3, 0.4) is 0 Å². The Kier molecular flexibility index (Phi) is 27.9. The van der Waals surface area contributed by atoms with Gasteiger partial charge in [0.05, 0.1) is 38.6 Å². The lowest BCUT2D eigenvalue weighted by molar-refractivity contribution is -0.379. The summed E-state index contributed by atoms with van der Waals surface area (Å²) in [6.07, 6.45) is 1.70. The number of rotatable bonds is 30. The monoisotopic (exact) mass is 934 g/mol. The van der Waals surface area contributed by atoms with Gasteiger partial charge in [0.15, 0.2) is 18.9 Å². The summed E-state index contributed by atoms with van der Waals surface area (Å²) in [5, 5.41) is 119. The van der Waals surface area contributed by atoms with Crippen molar-refractivity contribution in [2.75, 3.05) is 26.4 Å². The molecule has 17 unspecified atom stereocenters. The minimum Gasteiger partial charge on any atom is -0.394 e. The molecule has 19 heteroatoms. The van der Waals surface area contributed by atoms with Gasteiger partial charge in [0.25, 0.3) is 0 Å². The van der Waals surface area contributed by atoms with Gasteiger partial charge in [-0.3, -0.25) is 4.79 Å². The van der Waals surface area contributed by atoms with E-state index in [-0.39, 0.29) is 18.9 Å². The molecule has 0 aromatic rings. The third-order valence-electron chi connectivity index (χ3n) is 11.6. The van der Waals surface area contributed by atoms with Gasteiger partial charge >= 0.3 is 0 Å². The standard InChI is InChI=1S/C46H79NO18/c1-3-5-7-9-11-12-13-14-15-16-18-20-22-24-34(52)47-29(30(51)23-21-19-17-10-8-6-4-2)28-60-44-40(58)37(55)42(32(26-49)62-44)65-46-41(59)38(56)43(33(27-50)63-46)64-45-39(57)36(54)35(53)31(25-48)61-45/h5,7,11-12,14-15,21,23,29-33,35-46,48-51,53-59H,3-4,6,8-10,13,16-20,22,24-28H2,1-2H3,(H,47,52)/b7-5-,12-11-,15-14-,23-21+. The van der Waals surface area contributed by atoms with Gasteiger partial charge < -0.3 is 89.9 Å². The van der Waals surface area contributed by atoms with Gasteiger partial charge in [0.1, 0.15) is 73.2 Å². The molecular weight excluding hydrogens is 854 g/mol.